The van der Waals surface area contributed by atoms with Crippen LogP contribution in [0.3, 0.4) is 0 Å². The average molecular weight is 514 g/mol. The number of rotatable bonds is 8. The summed E-state index contributed by atoms with van der Waals surface area (Å²) < 4.78 is 19.9. The summed E-state index contributed by atoms with van der Waals surface area (Å²) in [7, 11) is 1.52. The van der Waals surface area contributed by atoms with Crippen molar-refractivity contribution in [3.05, 3.63) is 41.6 Å². The molecular formula is C24H28FN7O3S. The zero-order valence-electron chi connectivity index (χ0n) is 19.9. The number of nitrogens with one attached hydrogen (secondary N) is 3. The van der Waals surface area contributed by atoms with Crippen molar-refractivity contribution >= 4 is 34.5 Å². The number of halogens is 1. The summed E-state index contributed by atoms with van der Waals surface area (Å²) in [5.74, 6) is 0.757. The number of thioether (sulfide) groups is 1. The topological polar surface area (TPSA) is 134 Å². The first-order chi connectivity index (χ1) is 17.5. The number of hydrogen-bond acceptors (Lipinski definition) is 10. The predicted molar refractivity (Wildman–Crippen MR) is 133 cm³/mol. The minimum absolute atomic E-state index is 0.0469. The van der Waals surface area contributed by atoms with Gasteiger partial charge in [0.25, 0.3) is 0 Å². The molecule has 10 nitrogen and oxygen atoms in total. The number of aliphatic hydroxyl groups excluding tert-OH is 1. The van der Waals surface area contributed by atoms with Crippen LogP contribution in [0, 0.1) is 5.82 Å². The van der Waals surface area contributed by atoms with Gasteiger partial charge in [-0.25, -0.2) is 19.3 Å². The minimum atomic E-state index is -0.508. The second-order valence-corrected chi connectivity index (χ2v) is 10.1. The van der Waals surface area contributed by atoms with Gasteiger partial charge in [0, 0.05) is 36.3 Å². The molecule has 1 saturated carbocycles. The number of carbonyl (C=O) groups is 1. The highest BCUT2D eigenvalue weighted by Crippen LogP contribution is 2.31. The number of pyridine rings is 2. The zero-order valence-corrected chi connectivity index (χ0v) is 20.7. The van der Waals surface area contributed by atoms with Crippen molar-refractivity contribution in [1.82, 2.24) is 30.6 Å². The van der Waals surface area contributed by atoms with Crippen LogP contribution in [0.4, 0.5) is 10.2 Å². The van der Waals surface area contributed by atoms with Gasteiger partial charge in [0.15, 0.2) is 5.82 Å². The lowest BCUT2D eigenvalue weighted by Crippen LogP contribution is -2.53. The predicted octanol–water partition coefficient (Wildman–Crippen LogP) is 2.16. The Kier molecular flexibility index (Phi) is 7.28. The molecule has 36 heavy (non-hydrogen) atoms. The van der Waals surface area contributed by atoms with Crippen LogP contribution in [-0.4, -0.2) is 62.0 Å². The van der Waals surface area contributed by atoms with E-state index in [1.807, 2.05) is 0 Å². The Hall–Kier alpha value is -2.93. The van der Waals surface area contributed by atoms with Crippen LogP contribution in [-0.2, 0) is 17.9 Å². The molecule has 0 aromatic carbocycles. The molecule has 0 unspecified atom stereocenters. The van der Waals surface area contributed by atoms with Gasteiger partial charge < -0.3 is 25.8 Å². The molecule has 0 spiro atoms. The SMILES string of the molecule is COc1ccc2ncc(F)c(CNC3(CO)CCC(NCc4cnc5c(n4)NC(=O)CS5)CC3)c2n1. The van der Waals surface area contributed by atoms with E-state index >= 15 is 0 Å². The van der Waals surface area contributed by atoms with E-state index < -0.39 is 11.4 Å². The lowest BCUT2D eigenvalue weighted by Gasteiger charge is -2.40. The van der Waals surface area contributed by atoms with Crippen LogP contribution < -0.4 is 20.7 Å². The van der Waals surface area contributed by atoms with Crippen LogP contribution in [0.5, 0.6) is 5.88 Å². The maximum Gasteiger partial charge on any atom is 0.236 e. The summed E-state index contributed by atoms with van der Waals surface area (Å²) in [4.78, 5) is 29.0. The maximum absolute atomic E-state index is 14.7. The quantitative estimate of drug-likeness (QED) is 0.355. The smallest absolute Gasteiger partial charge is 0.236 e. The van der Waals surface area contributed by atoms with E-state index in [2.05, 4.69) is 35.9 Å². The molecule has 4 N–H and O–H groups in total. The first kappa shape index (κ1) is 24.8. The summed E-state index contributed by atoms with van der Waals surface area (Å²) in [5.41, 5.74) is 1.70. The van der Waals surface area contributed by atoms with E-state index in [4.69, 9.17) is 4.74 Å². The molecule has 0 bridgehead atoms. The lowest BCUT2D eigenvalue weighted by atomic mass is 9.79. The van der Waals surface area contributed by atoms with Gasteiger partial charge in [0.2, 0.25) is 11.8 Å². The summed E-state index contributed by atoms with van der Waals surface area (Å²) >= 11 is 1.39. The Morgan fingerprint density at radius 3 is 2.83 bits per heavy atom. The van der Waals surface area contributed by atoms with Crippen LogP contribution in [0.15, 0.2) is 29.6 Å². The minimum Gasteiger partial charge on any atom is -0.481 e. The normalized spacial score (nSPS) is 21.8. The van der Waals surface area contributed by atoms with Gasteiger partial charge in [0.05, 0.1) is 43.1 Å². The van der Waals surface area contributed by atoms with E-state index in [9.17, 15) is 14.3 Å². The molecule has 0 saturated heterocycles. The fourth-order valence-corrected chi connectivity index (χ4v) is 5.34. The number of hydrogen-bond donors (Lipinski definition) is 4. The summed E-state index contributed by atoms with van der Waals surface area (Å²) in [6, 6.07) is 3.69. The number of fused-ring (bicyclic) bond motifs is 2. The summed E-state index contributed by atoms with van der Waals surface area (Å²) in [6.45, 7) is 0.708. The maximum atomic E-state index is 14.7. The number of amides is 1. The fourth-order valence-electron chi connectivity index (χ4n) is 4.64. The third-order valence-corrected chi connectivity index (χ3v) is 7.77. The molecule has 5 rings (SSSR count). The Morgan fingerprint density at radius 2 is 2.06 bits per heavy atom. The molecule has 1 aliphatic heterocycles. The highest BCUT2D eigenvalue weighted by atomic mass is 32.2. The van der Waals surface area contributed by atoms with Gasteiger partial charge in [-0.05, 0) is 31.7 Å². The highest BCUT2D eigenvalue weighted by molar-refractivity contribution is 8.00. The van der Waals surface area contributed by atoms with Gasteiger partial charge in [-0.3, -0.25) is 9.78 Å². The third kappa shape index (κ3) is 5.26. The number of nitrogens with zero attached hydrogens (tertiary/aromatic N) is 4. The molecular weight excluding hydrogens is 485 g/mol. The van der Waals surface area contributed by atoms with Gasteiger partial charge in [-0.1, -0.05) is 11.8 Å². The Morgan fingerprint density at radius 1 is 1.22 bits per heavy atom. The van der Waals surface area contributed by atoms with E-state index in [1.54, 1.807) is 18.3 Å². The number of aromatic nitrogens is 4. The molecule has 190 valence electrons. The van der Waals surface area contributed by atoms with Crippen molar-refractivity contribution in [2.45, 2.75) is 55.4 Å². The van der Waals surface area contributed by atoms with E-state index in [-0.39, 0.29) is 25.1 Å². The second kappa shape index (κ2) is 10.6. The van der Waals surface area contributed by atoms with Crippen LogP contribution in [0.1, 0.15) is 36.9 Å². The number of carbonyl (C=O) groups excluding carboxylic acids is 1. The second-order valence-electron chi connectivity index (χ2n) is 9.11. The van der Waals surface area contributed by atoms with Gasteiger partial charge in [0.1, 0.15) is 16.4 Å². The first-order valence-corrected chi connectivity index (χ1v) is 12.8. The van der Waals surface area contributed by atoms with Crippen molar-refractivity contribution in [3.8, 4) is 5.88 Å². The van der Waals surface area contributed by atoms with Crippen molar-refractivity contribution in [2.75, 3.05) is 24.8 Å². The van der Waals surface area contributed by atoms with Crippen molar-refractivity contribution in [2.24, 2.45) is 0 Å². The number of methoxy groups -OCH3 is 1. The van der Waals surface area contributed by atoms with Gasteiger partial charge >= 0.3 is 0 Å². The lowest BCUT2D eigenvalue weighted by molar-refractivity contribution is -0.113. The van der Waals surface area contributed by atoms with E-state index in [1.165, 1.54) is 25.1 Å². The summed E-state index contributed by atoms with van der Waals surface area (Å²) in [5, 5.41) is 20.7. The van der Waals surface area contributed by atoms with E-state index in [0.29, 0.717) is 40.6 Å². The molecule has 3 aromatic heterocycles. The molecule has 12 heteroatoms. The van der Waals surface area contributed by atoms with Crippen molar-refractivity contribution in [1.29, 1.82) is 0 Å². The number of aliphatic hydroxyl groups is 1. The standard InChI is InChI=1S/C24H28FN7O3S/c1-35-20-3-2-18-21(32-20)16(17(25)11-27-18)10-29-24(13-33)6-4-14(5-7-24)26-8-15-9-28-23-22(30-15)31-19(34)12-36-23/h2-3,9,11,14,26,29,33H,4-8,10,12-13H2,1H3,(H,30,31,34). The Labute approximate surface area is 211 Å². The van der Waals surface area contributed by atoms with Crippen LogP contribution in [0.25, 0.3) is 11.0 Å². The van der Waals surface area contributed by atoms with Crippen LogP contribution in [0.2, 0.25) is 0 Å². The first-order valence-electron chi connectivity index (χ1n) is 11.8. The fraction of sp³-hybridized carbons (Fsp3) is 0.458. The Balaban J connectivity index is 1.19. The number of ether oxygens (including phenoxy) is 1. The van der Waals surface area contributed by atoms with Gasteiger partial charge in [-0.15, -0.1) is 0 Å². The number of anilines is 1. The summed E-state index contributed by atoms with van der Waals surface area (Å²) in [6.07, 6.45) is 6.06. The largest absolute Gasteiger partial charge is 0.481 e. The molecule has 0 atom stereocenters. The monoisotopic (exact) mass is 513 g/mol. The highest BCUT2D eigenvalue weighted by Gasteiger charge is 2.34. The van der Waals surface area contributed by atoms with Crippen molar-refractivity contribution in [3.63, 3.8) is 0 Å². The van der Waals surface area contributed by atoms with Gasteiger partial charge in [-0.2, -0.15) is 0 Å². The average Bonchev–Trinajstić information content (AvgIpc) is 2.91. The molecule has 1 amide bonds. The molecule has 0 radical (unpaired) electrons. The molecule has 3 aromatic rings. The van der Waals surface area contributed by atoms with Crippen molar-refractivity contribution < 1.29 is 19.0 Å². The van der Waals surface area contributed by atoms with E-state index in [0.717, 1.165) is 36.4 Å². The third-order valence-electron chi connectivity index (χ3n) is 6.79. The molecule has 2 aliphatic rings. The van der Waals surface area contributed by atoms with Crippen LogP contribution >= 0.6 is 11.8 Å². The Bertz CT molecular complexity index is 1270. The molecule has 1 aliphatic carbocycles. The molecule has 1 fully saturated rings. The molecule has 4 heterocycles. The zero-order chi connectivity index (χ0) is 25.1.